The molecule has 8 nitrogen and oxygen atoms in total. The second-order valence-corrected chi connectivity index (χ2v) is 8.72. The normalized spacial score (nSPS) is 17.4. The first kappa shape index (κ1) is 22.6. The summed E-state index contributed by atoms with van der Waals surface area (Å²) >= 11 is 0. The summed E-state index contributed by atoms with van der Waals surface area (Å²) < 4.78 is 10.9. The molecule has 3 aromatic rings. The SMILES string of the molecule is CC1=NN(c2ccc(C(=O)OCC(=O)N3N=C(c4ccc(C)cc4)C[C@H]3c3ccco3)cc2)CC1. The minimum absolute atomic E-state index is 0.370. The number of benzene rings is 2. The van der Waals surface area contributed by atoms with Gasteiger partial charge in [0.1, 0.15) is 11.8 Å². The monoisotopic (exact) mass is 470 g/mol. The average Bonchev–Trinajstić information content (AvgIpc) is 3.63. The summed E-state index contributed by atoms with van der Waals surface area (Å²) in [6.45, 7) is 4.41. The third kappa shape index (κ3) is 4.87. The Balaban J connectivity index is 1.26. The molecule has 0 fully saturated rings. The van der Waals surface area contributed by atoms with Crippen LogP contribution in [0.3, 0.4) is 0 Å². The zero-order chi connectivity index (χ0) is 24.4. The Labute approximate surface area is 203 Å². The molecule has 0 unspecified atom stereocenters. The van der Waals surface area contributed by atoms with Gasteiger partial charge in [0.25, 0.3) is 5.91 Å². The molecule has 35 heavy (non-hydrogen) atoms. The van der Waals surface area contributed by atoms with Crippen LogP contribution in [0.15, 0.2) is 81.5 Å². The van der Waals surface area contributed by atoms with Crippen molar-refractivity contribution in [2.75, 3.05) is 18.2 Å². The van der Waals surface area contributed by atoms with E-state index < -0.39 is 24.5 Å². The molecule has 5 rings (SSSR count). The number of carbonyl (C=O) groups excluding carboxylic acids is 2. The minimum atomic E-state index is -0.567. The number of amides is 1. The highest BCUT2D eigenvalue weighted by Crippen LogP contribution is 2.33. The lowest BCUT2D eigenvalue weighted by Gasteiger charge is -2.19. The molecule has 1 amide bonds. The Morgan fingerprint density at radius 2 is 1.80 bits per heavy atom. The zero-order valence-corrected chi connectivity index (χ0v) is 19.7. The molecule has 0 N–H and O–H groups in total. The Bertz CT molecular complexity index is 1280. The molecule has 0 saturated carbocycles. The molecule has 1 aromatic heterocycles. The number of anilines is 1. The molecule has 0 bridgehead atoms. The Morgan fingerprint density at radius 1 is 1.03 bits per heavy atom. The fourth-order valence-corrected chi connectivity index (χ4v) is 4.17. The van der Waals surface area contributed by atoms with Crippen LogP contribution in [0.4, 0.5) is 5.69 Å². The number of hydrogen-bond donors (Lipinski definition) is 0. The predicted octanol–water partition coefficient (Wildman–Crippen LogP) is 4.71. The van der Waals surface area contributed by atoms with Gasteiger partial charge in [0.05, 0.1) is 23.2 Å². The van der Waals surface area contributed by atoms with Crippen LogP contribution in [0, 0.1) is 6.92 Å². The fourth-order valence-electron chi connectivity index (χ4n) is 4.17. The first-order valence-electron chi connectivity index (χ1n) is 11.6. The lowest BCUT2D eigenvalue weighted by atomic mass is 10.0. The number of esters is 1. The smallest absolute Gasteiger partial charge is 0.338 e. The first-order chi connectivity index (χ1) is 17.0. The average molecular weight is 471 g/mol. The van der Waals surface area contributed by atoms with Gasteiger partial charge >= 0.3 is 5.97 Å². The molecule has 2 aromatic carbocycles. The molecular formula is C27H26N4O4. The lowest BCUT2D eigenvalue weighted by Crippen LogP contribution is -2.31. The Kier molecular flexibility index (Phi) is 6.18. The summed E-state index contributed by atoms with van der Waals surface area (Å²) in [7, 11) is 0. The van der Waals surface area contributed by atoms with Crippen LogP contribution in [0.2, 0.25) is 0 Å². The molecule has 8 heteroatoms. The van der Waals surface area contributed by atoms with Crippen molar-refractivity contribution in [2.24, 2.45) is 10.2 Å². The van der Waals surface area contributed by atoms with Gasteiger partial charge in [-0.25, -0.2) is 9.80 Å². The van der Waals surface area contributed by atoms with Crippen molar-refractivity contribution in [1.82, 2.24) is 5.01 Å². The van der Waals surface area contributed by atoms with Crippen LogP contribution < -0.4 is 5.01 Å². The van der Waals surface area contributed by atoms with Gasteiger partial charge in [-0.15, -0.1) is 0 Å². The third-order valence-corrected chi connectivity index (χ3v) is 6.13. The maximum Gasteiger partial charge on any atom is 0.338 e. The maximum atomic E-state index is 13.1. The van der Waals surface area contributed by atoms with Crippen LogP contribution in [0.5, 0.6) is 0 Å². The van der Waals surface area contributed by atoms with Gasteiger partial charge in [-0.1, -0.05) is 29.8 Å². The molecule has 0 saturated heterocycles. The van der Waals surface area contributed by atoms with Crippen molar-refractivity contribution >= 4 is 29.0 Å². The summed E-state index contributed by atoms with van der Waals surface area (Å²) in [5.41, 5.74) is 5.22. The van der Waals surface area contributed by atoms with E-state index in [9.17, 15) is 9.59 Å². The molecule has 0 radical (unpaired) electrons. The summed E-state index contributed by atoms with van der Waals surface area (Å²) in [5, 5.41) is 12.3. The number of carbonyl (C=O) groups is 2. The van der Waals surface area contributed by atoms with Crippen molar-refractivity contribution < 1.29 is 18.7 Å². The highest BCUT2D eigenvalue weighted by Gasteiger charge is 2.35. The summed E-state index contributed by atoms with van der Waals surface area (Å²) in [6.07, 6.45) is 3.01. The quantitative estimate of drug-likeness (QED) is 0.487. The van der Waals surface area contributed by atoms with E-state index in [-0.39, 0.29) is 0 Å². The van der Waals surface area contributed by atoms with Gasteiger partial charge in [-0.2, -0.15) is 10.2 Å². The molecule has 0 aliphatic carbocycles. The number of nitrogens with zero attached hydrogens (tertiary/aromatic N) is 4. The number of hydrazone groups is 2. The minimum Gasteiger partial charge on any atom is -0.467 e. The summed E-state index contributed by atoms with van der Waals surface area (Å²) in [6, 6.07) is 18.2. The van der Waals surface area contributed by atoms with Gasteiger partial charge in [0.15, 0.2) is 6.61 Å². The standard InChI is InChI=1S/C27H26N4O4/c1-18-5-7-20(8-6-18)23-16-24(25-4-3-15-34-25)31(29-23)26(32)17-35-27(33)21-9-11-22(12-10-21)30-14-13-19(2)28-30/h3-12,15,24H,13-14,16-17H2,1-2H3/t24-/m0/s1. The topological polar surface area (TPSA) is 87.7 Å². The number of rotatable bonds is 6. The van der Waals surface area contributed by atoms with E-state index in [4.69, 9.17) is 9.15 Å². The molecule has 1 atom stereocenters. The van der Waals surface area contributed by atoms with Gasteiger partial charge in [-0.3, -0.25) is 9.80 Å². The lowest BCUT2D eigenvalue weighted by molar-refractivity contribution is -0.136. The fraction of sp³-hybridized carbons (Fsp3) is 0.259. The van der Waals surface area contributed by atoms with Gasteiger partial charge in [-0.05, 0) is 55.8 Å². The van der Waals surface area contributed by atoms with Crippen molar-refractivity contribution in [2.45, 2.75) is 32.7 Å². The van der Waals surface area contributed by atoms with Crippen LogP contribution in [0.1, 0.15) is 53.1 Å². The third-order valence-electron chi connectivity index (χ3n) is 6.13. The molecule has 178 valence electrons. The van der Waals surface area contributed by atoms with E-state index in [1.807, 2.05) is 61.3 Å². The number of hydrogen-bond acceptors (Lipinski definition) is 7. The Morgan fingerprint density at radius 3 is 2.46 bits per heavy atom. The van der Waals surface area contributed by atoms with Crippen LogP contribution in [-0.2, 0) is 9.53 Å². The number of aryl methyl sites for hydroxylation is 1. The summed E-state index contributed by atoms with van der Waals surface area (Å²) in [4.78, 5) is 25.6. The number of furan rings is 1. The van der Waals surface area contributed by atoms with Gasteiger partial charge in [0, 0.05) is 25.1 Å². The highest BCUT2D eigenvalue weighted by molar-refractivity contribution is 6.03. The van der Waals surface area contributed by atoms with Crippen molar-refractivity contribution in [1.29, 1.82) is 0 Å². The van der Waals surface area contributed by atoms with Crippen LogP contribution in [-0.4, -0.2) is 41.5 Å². The van der Waals surface area contributed by atoms with Crippen molar-refractivity contribution in [3.63, 3.8) is 0 Å². The highest BCUT2D eigenvalue weighted by atomic mass is 16.5. The van der Waals surface area contributed by atoms with E-state index >= 15 is 0 Å². The van der Waals surface area contributed by atoms with Crippen LogP contribution in [0.25, 0.3) is 0 Å². The van der Waals surface area contributed by atoms with Crippen molar-refractivity contribution in [3.8, 4) is 0 Å². The van der Waals surface area contributed by atoms with E-state index in [0.717, 1.165) is 41.2 Å². The Hall–Kier alpha value is -4.20. The van der Waals surface area contributed by atoms with Crippen molar-refractivity contribution in [3.05, 3.63) is 89.4 Å². The molecule has 3 heterocycles. The largest absolute Gasteiger partial charge is 0.467 e. The van der Waals surface area contributed by atoms with Gasteiger partial charge in [0.2, 0.25) is 0 Å². The van der Waals surface area contributed by atoms with Crippen LogP contribution >= 0.6 is 0 Å². The summed E-state index contributed by atoms with van der Waals surface area (Å²) in [5.74, 6) is -0.353. The molecule has 2 aliphatic rings. The zero-order valence-electron chi connectivity index (χ0n) is 19.7. The second-order valence-electron chi connectivity index (χ2n) is 8.72. The number of ether oxygens (including phenoxy) is 1. The molecule has 2 aliphatic heterocycles. The predicted molar refractivity (Wildman–Crippen MR) is 132 cm³/mol. The molecular weight excluding hydrogens is 444 g/mol. The second kappa shape index (κ2) is 9.58. The van der Waals surface area contributed by atoms with E-state index in [0.29, 0.717) is 17.7 Å². The van der Waals surface area contributed by atoms with E-state index in [1.54, 1.807) is 24.5 Å². The van der Waals surface area contributed by atoms with Gasteiger partial charge < -0.3 is 9.15 Å². The van der Waals surface area contributed by atoms with E-state index in [2.05, 4.69) is 10.2 Å². The molecule has 0 spiro atoms. The maximum absolute atomic E-state index is 13.1. The first-order valence-corrected chi connectivity index (χ1v) is 11.6. The van der Waals surface area contributed by atoms with E-state index in [1.165, 1.54) is 5.01 Å².